The Hall–Kier alpha value is -3.63. The summed E-state index contributed by atoms with van der Waals surface area (Å²) in [7, 11) is -4.13. The van der Waals surface area contributed by atoms with Gasteiger partial charge in [0.15, 0.2) is 0 Å². The number of aryl methyl sites for hydroxylation is 1. The highest BCUT2D eigenvalue weighted by molar-refractivity contribution is 7.92. The van der Waals surface area contributed by atoms with E-state index >= 15 is 0 Å². The first-order valence-electron chi connectivity index (χ1n) is 12.2. The van der Waals surface area contributed by atoms with E-state index in [4.69, 9.17) is 21.4 Å². The van der Waals surface area contributed by atoms with Gasteiger partial charge in [-0.05, 0) is 66.9 Å². The first kappa shape index (κ1) is 30.9. The number of benzene rings is 3. The smallest absolute Gasteiger partial charge is 0.387 e. The van der Waals surface area contributed by atoms with Crippen molar-refractivity contribution >= 4 is 39.0 Å². The summed E-state index contributed by atoms with van der Waals surface area (Å²) < 4.78 is 77.8. The molecule has 3 aromatic carbocycles. The average molecular weight is 596 g/mol. The molecule has 0 spiro atoms. The SMILES string of the molecule is C/C(=C\c1cc2c(cc1C)OCCN2S(=O)(=O)c1cccc(OC(F)F)c1)c1c(F)cccc1Cl.C=C(O)CC. The molecule has 0 atom stereocenters. The topological polar surface area (TPSA) is 76.1 Å². The minimum Gasteiger partial charge on any atom is -0.513 e. The third-order valence-electron chi connectivity index (χ3n) is 5.92. The molecule has 40 heavy (non-hydrogen) atoms. The Morgan fingerprint density at radius 3 is 2.52 bits per heavy atom. The van der Waals surface area contributed by atoms with Crippen LogP contribution in [0.2, 0.25) is 5.02 Å². The van der Waals surface area contributed by atoms with Crippen molar-refractivity contribution in [3.8, 4) is 11.5 Å². The molecule has 4 rings (SSSR count). The molecule has 214 valence electrons. The number of nitrogens with zero attached hydrogens (tertiary/aromatic N) is 1. The Balaban J connectivity index is 0.000000810. The van der Waals surface area contributed by atoms with Gasteiger partial charge >= 0.3 is 6.61 Å². The number of rotatable bonds is 7. The van der Waals surface area contributed by atoms with E-state index in [1.165, 1.54) is 30.3 Å². The molecule has 0 fully saturated rings. The van der Waals surface area contributed by atoms with Crippen molar-refractivity contribution in [3.63, 3.8) is 0 Å². The van der Waals surface area contributed by atoms with Crippen molar-refractivity contribution in [3.05, 3.63) is 94.5 Å². The van der Waals surface area contributed by atoms with Crippen LogP contribution in [0.25, 0.3) is 11.6 Å². The summed E-state index contributed by atoms with van der Waals surface area (Å²) in [5.41, 5.74) is 2.51. The van der Waals surface area contributed by atoms with E-state index < -0.39 is 22.5 Å². The molecule has 0 bridgehead atoms. The number of aliphatic hydroxyl groups is 1. The minimum absolute atomic E-state index is 0.0135. The van der Waals surface area contributed by atoms with Gasteiger partial charge in [0.2, 0.25) is 0 Å². The summed E-state index contributed by atoms with van der Waals surface area (Å²) in [6.45, 7) is 5.65. The van der Waals surface area contributed by atoms with Gasteiger partial charge in [-0.1, -0.05) is 43.3 Å². The summed E-state index contributed by atoms with van der Waals surface area (Å²) in [6, 6.07) is 12.7. The van der Waals surface area contributed by atoms with Crippen LogP contribution in [0.4, 0.5) is 18.9 Å². The number of fused-ring (bicyclic) bond motifs is 1. The first-order valence-corrected chi connectivity index (χ1v) is 14.0. The van der Waals surface area contributed by atoms with E-state index in [2.05, 4.69) is 11.3 Å². The molecular weight excluding hydrogens is 567 g/mol. The molecule has 0 unspecified atom stereocenters. The number of aliphatic hydroxyl groups excluding tert-OH is 1. The maximum absolute atomic E-state index is 14.4. The van der Waals surface area contributed by atoms with Crippen molar-refractivity contribution < 1.29 is 36.2 Å². The van der Waals surface area contributed by atoms with Crippen LogP contribution in [0, 0.1) is 12.7 Å². The van der Waals surface area contributed by atoms with Gasteiger partial charge in [-0.25, -0.2) is 12.8 Å². The fraction of sp³-hybridized carbons (Fsp3) is 0.241. The monoisotopic (exact) mass is 595 g/mol. The average Bonchev–Trinajstić information content (AvgIpc) is 2.88. The van der Waals surface area contributed by atoms with E-state index in [1.807, 2.05) is 13.8 Å². The zero-order valence-corrected chi connectivity index (χ0v) is 23.7. The van der Waals surface area contributed by atoms with Crippen molar-refractivity contribution in [1.29, 1.82) is 0 Å². The van der Waals surface area contributed by atoms with Gasteiger partial charge in [-0.2, -0.15) is 8.78 Å². The van der Waals surface area contributed by atoms with E-state index in [9.17, 15) is 21.6 Å². The summed E-state index contributed by atoms with van der Waals surface area (Å²) in [5, 5.41) is 8.42. The number of hydrogen-bond donors (Lipinski definition) is 1. The number of allylic oxidation sites excluding steroid dienone is 2. The van der Waals surface area contributed by atoms with Crippen LogP contribution in [0.15, 0.2) is 71.8 Å². The first-order chi connectivity index (χ1) is 18.8. The van der Waals surface area contributed by atoms with E-state index in [1.54, 1.807) is 31.2 Å². The van der Waals surface area contributed by atoms with Crippen LogP contribution in [-0.2, 0) is 10.0 Å². The molecule has 6 nitrogen and oxygen atoms in total. The summed E-state index contributed by atoms with van der Waals surface area (Å²) in [4.78, 5) is -0.199. The molecule has 0 radical (unpaired) electrons. The quantitative estimate of drug-likeness (QED) is 0.221. The van der Waals surface area contributed by atoms with Gasteiger partial charge in [-0.3, -0.25) is 4.31 Å². The normalized spacial score (nSPS) is 13.2. The Morgan fingerprint density at radius 1 is 1.23 bits per heavy atom. The Kier molecular flexibility index (Phi) is 10.2. The second kappa shape index (κ2) is 13.1. The molecule has 0 aliphatic carbocycles. The van der Waals surface area contributed by atoms with Gasteiger partial charge in [0.05, 0.1) is 27.9 Å². The molecule has 1 aliphatic heterocycles. The molecule has 1 aliphatic rings. The number of hydrogen-bond acceptors (Lipinski definition) is 5. The molecule has 11 heteroatoms. The van der Waals surface area contributed by atoms with Crippen LogP contribution >= 0.6 is 11.6 Å². The molecule has 0 saturated carbocycles. The lowest BCUT2D eigenvalue weighted by atomic mass is 10.00. The Morgan fingerprint density at radius 2 is 1.90 bits per heavy atom. The van der Waals surface area contributed by atoms with Crippen molar-refractivity contribution in [2.24, 2.45) is 0 Å². The molecule has 0 saturated heterocycles. The molecule has 1 heterocycles. The maximum atomic E-state index is 14.4. The van der Waals surface area contributed by atoms with Crippen molar-refractivity contribution in [1.82, 2.24) is 0 Å². The van der Waals surface area contributed by atoms with Crippen LogP contribution in [0.5, 0.6) is 11.5 Å². The van der Waals surface area contributed by atoms with Crippen molar-refractivity contribution in [2.45, 2.75) is 38.7 Å². The number of anilines is 1. The van der Waals surface area contributed by atoms with E-state index in [0.717, 1.165) is 15.9 Å². The summed E-state index contributed by atoms with van der Waals surface area (Å²) >= 11 is 6.20. The standard InChI is InChI=1S/C25H21ClF3NO4S.C4H8O/c1-15-12-23-22(13-17(15)11-16(2)24-20(26)7-4-8-21(24)27)30(9-10-33-23)35(31,32)19-6-3-5-18(14-19)34-25(28)29;1-3-4(2)5/h3-8,11-14,25H,9-10H2,1-2H3;5H,2-3H2,1H3/b16-11+;. The van der Waals surface area contributed by atoms with Gasteiger partial charge in [0, 0.05) is 18.1 Å². The number of halogens is 4. The second-order valence-electron chi connectivity index (χ2n) is 8.80. The Bertz CT molecular complexity index is 1510. The molecule has 3 aromatic rings. The predicted octanol–water partition coefficient (Wildman–Crippen LogP) is 8.01. The zero-order chi connectivity index (χ0) is 29.6. The molecule has 0 aromatic heterocycles. The number of sulfonamides is 1. The van der Waals surface area contributed by atoms with Crippen LogP contribution in [0.3, 0.4) is 0 Å². The van der Waals surface area contributed by atoms with Gasteiger partial charge < -0.3 is 14.6 Å². The molecular formula is C29H29ClF3NO5S. The maximum Gasteiger partial charge on any atom is 0.387 e. The van der Waals surface area contributed by atoms with Crippen LogP contribution in [0.1, 0.15) is 37.0 Å². The summed E-state index contributed by atoms with van der Waals surface area (Å²) in [5.74, 6) is -0.124. The summed E-state index contributed by atoms with van der Waals surface area (Å²) in [6.07, 6.45) is 2.39. The fourth-order valence-corrected chi connectivity index (χ4v) is 5.68. The molecule has 0 amide bonds. The van der Waals surface area contributed by atoms with Gasteiger partial charge in [0.25, 0.3) is 10.0 Å². The second-order valence-corrected chi connectivity index (χ2v) is 11.1. The highest BCUT2D eigenvalue weighted by Gasteiger charge is 2.31. The lowest BCUT2D eigenvalue weighted by Crippen LogP contribution is -2.38. The number of ether oxygens (including phenoxy) is 2. The molecule has 1 N–H and O–H groups in total. The zero-order valence-electron chi connectivity index (χ0n) is 22.1. The van der Waals surface area contributed by atoms with Gasteiger partial charge in [0.1, 0.15) is 23.9 Å². The van der Waals surface area contributed by atoms with Crippen LogP contribution < -0.4 is 13.8 Å². The third-order valence-corrected chi connectivity index (χ3v) is 8.05. The minimum atomic E-state index is -4.13. The van der Waals surface area contributed by atoms with Gasteiger partial charge in [-0.15, -0.1) is 0 Å². The van der Waals surface area contributed by atoms with Crippen molar-refractivity contribution in [2.75, 3.05) is 17.5 Å². The largest absolute Gasteiger partial charge is 0.513 e. The predicted molar refractivity (Wildman–Crippen MR) is 151 cm³/mol. The highest BCUT2D eigenvalue weighted by Crippen LogP contribution is 2.39. The van der Waals surface area contributed by atoms with E-state index in [0.29, 0.717) is 23.3 Å². The van der Waals surface area contributed by atoms with Crippen LogP contribution in [-0.4, -0.2) is 33.3 Å². The lowest BCUT2D eigenvalue weighted by molar-refractivity contribution is -0.0499. The third kappa shape index (κ3) is 7.31. The fourth-order valence-electron chi connectivity index (χ4n) is 3.88. The lowest BCUT2D eigenvalue weighted by Gasteiger charge is -2.31. The van der Waals surface area contributed by atoms with E-state index in [-0.39, 0.29) is 45.8 Å². The Labute approximate surface area is 237 Å². The highest BCUT2D eigenvalue weighted by atomic mass is 35.5. The number of alkyl halides is 2.